The summed E-state index contributed by atoms with van der Waals surface area (Å²) in [5, 5.41) is 20.1. The maximum Gasteiger partial charge on any atom is 0.282 e. The van der Waals surface area contributed by atoms with Crippen molar-refractivity contribution < 1.29 is 14.8 Å². The zero-order valence-corrected chi connectivity index (χ0v) is 11.0. The summed E-state index contributed by atoms with van der Waals surface area (Å²) in [5.74, 6) is -0.442. The molecule has 0 spiro atoms. The van der Waals surface area contributed by atoms with Crippen LogP contribution in [0.2, 0.25) is 0 Å². The summed E-state index contributed by atoms with van der Waals surface area (Å²) in [6.07, 6.45) is 2.75. The molecule has 0 unspecified atom stereocenters. The smallest absolute Gasteiger partial charge is 0.282 e. The van der Waals surface area contributed by atoms with E-state index >= 15 is 0 Å². The summed E-state index contributed by atoms with van der Waals surface area (Å²) in [6.45, 7) is 0.00774. The predicted molar refractivity (Wildman–Crippen MR) is 73.3 cm³/mol. The number of nitrogen functional groups attached to an aromatic ring is 1. The van der Waals surface area contributed by atoms with Crippen molar-refractivity contribution in [2.24, 2.45) is 0 Å². The summed E-state index contributed by atoms with van der Waals surface area (Å²) < 4.78 is 0. The lowest BCUT2D eigenvalue weighted by Gasteiger charge is -2.37. The Hall–Kier alpha value is -2.15. The van der Waals surface area contributed by atoms with Gasteiger partial charge in [-0.25, -0.2) is 0 Å². The van der Waals surface area contributed by atoms with Gasteiger partial charge in [0.1, 0.15) is 5.56 Å². The van der Waals surface area contributed by atoms with Crippen molar-refractivity contribution in [2.75, 3.05) is 18.9 Å². The van der Waals surface area contributed by atoms with Gasteiger partial charge in [-0.3, -0.25) is 14.9 Å². The maximum atomic E-state index is 12.5. The number of carbonyl (C=O) groups excluding carboxylic acids is 1. The third-order valence-corrected chi connectivity index (χ3v) is 3.56. The highest BCUT2D eigenvalue weighted by molar-refractivity contribution is 5.99. The van der Waals surface area contributed by atoms with E-state index in [9.17, 15) is 14.9 Å². The third-order valence-electron chi connectivity index (χ3n) is 3.56. The number of benzene rings is 1. The molecule has 0 saturated heterocycles. The standard InChI is InChI=1S/C13H17N3O4/c14-9-4-5-12(16(19)20)11(8-9)13(18)15(6-7-17)10-2-1-3-10/h4-5,8,10,17H,1-3,6-7,14H2. The van der Waals surface area contributed by atoms with Crippen molar-refractivity contribution in [3.8, 4) is 0 Å². The lowest BCUT2D eigenvalue weighted by Crippen LogP contribution is -2.45. The number of aliphatic hydroxyl groups excluding tert-OH is 1. The van der Waals surface area contributed by atoms with E-state index in [2.05, 4.69) is 0 Å². The Labute approximate surface area is 116 Å². The van der Waals surface area contributed by atoms with Crippen LogP contribution in [0.25, 0.3) is 0 Å². The third kappa shape index (κ3) is 2.72. The number of nitro groups is 1. The van der Waals surface area contributed by atoms with Crippen LogP contribution in [-0.4, -0.2) is 40.0 Å². The van der Waals surface area contributed by atoms with Crippen molar-refractivity contribution in [1.29, 1.82) is 0 Å². The number of hydrogen-bond acceptors (Lipinski definition) is 5. The van der Waals surface area contributed by atoms with Crippen molar-refractivity contribution in [1.82, 2.24) is 4.90 Å². The normalized spacial score (nSPS) is 14.7. The molecule has 0 aromatic heterocycles. The van der Waals surface area contributed by atoms with Gasteiger partial charge in [-0.2, -0.15) is 0 Å². The number of amides is 1. The minimum atomic E-state index is -0.593. The maximum absolute atomic E-state index is 12.5. The zero-order chi connectivity index (χ0) is 14.7. The SMILES string of the molecule is Nc1ccc([N+](=O)[O-])c(C(=O)N(CCO)C2CCC2)c1. The molecule has 0 aliphatic heterocycles. The molecule has 1 aliphatic carbocycles. The van der Waals surface area contributed by atoms with E-state index in [0.29, 0.717) is 5.69 Å². The molecule has 0 bridgehead atoms. The summed E-state index contributed by atoms with van der Waals surface area (Å²) in [7, 11) is 0. The van der Waals surface area contributed by atoms with Gasteiger partial charge in [-0.05, 0) is 31.4 Å². The van der Waals surface area contributed by atoms with Gasteiger partial charge in [0.15, 0.2) is 0 Å². The van der Waals surface area contributed by atoms with Gasteiger partial charge >= 0.3 is 0 Å². The number of rotatable bonds is 5. The number of carbonyl (C=O) groups is 1. The van der Waals surface area contributed by atoms with E-state index in [1.54, 1.807) is 0 Å². The van der Waals surface area contributed by atoms with Crippen molar-refractivity contribution in [2.45, 2.75) is 25.3 Å². The second-order valence-electron chi connectivity index (χ2n) is 4.84. The molecule has 20 heavy (non-hydrogen) atoms. The molecule has 1 aliphatic rings. The summed E-state index contributed by atoms with van der Waals surface area (Å²) in [4.78, 5) is 24.4. The molecule has 1 saturated carbocycles. The van der Waals surface area contributed by atoms with Crippen LogP contribution in [-0.2, 0) is 0 Å². The molecule has 7 heteroatoms. The molecular weight excluding hydrogens is 262 g/mol. The minimum absolute atomic E-state index is 0.0182. The first-order valence-corrected chi connectivity index (χ1v) is 6.50. The monoisotopic (exact) mass is 279 g/mol. The van der Waals surface area contributed by atoms with Crippen LogP contribution in [0.15, 0.2) is 18.2 Å². The molecule has 3 N–H and O–H groups in total. The van der Waals surface area contributed by atoms with Crippen molar-refractivity contribution in [3.05, 3.63) is 33.9 Å². The number of nitrogens with two attached hydrogens (primary N) is 1. The van der Waals surface area contributed by atoms with E-state index in [1.165, 1.54) is 23.1 Å². The lowest BCUT2D eigenvalue weighted by molar-refractivity contribution is -0.385. The quantitative estimate of drug-likeness (QED) is 0.477. The Morgan fingerprint density at radius 3 is 2.70 bits per heavy atom. The van der Waals surface area contributed by atoms with E-state index in [0.717, 1.165) is 19.3 Å². The van der Waals surface area contributed by atoms with Crippen LogP contribution < -0.4 is 5.73 Å². The Bertz CT molecular complexity index is 528. The van der Waals surface area contributed by atoms with Crippen LogP contribution in [0.1, 0.15) is 29.6 Å². The number of nitro benzene ring substituents is 1. The molecule has 0 atom stereocenters. The highest BCUT2D eigenvalue weighted by Gasteiger charge is 2.32. The second-order valence-corrected chi connectivity index (χ2v) is 4.84. The molecule has 0 radical (unpaired) electrons. The average Bonchev–Trinajstić information content (AvgIpc) is 2.34. The highest BCUT2D eigenvalue weighted by atomic mass is 16.6. The summed E-state index contributed by atoms with van der Waals surface area (Å²) in [5.41, 5.74) is 5.65. The molecular formula is C13H17N3O4. The minimum Gasteiger partial charge on any atom is -0.399 e. The van der Waals surface area contributed by atoms with Gasteiger partial charge in [-0.15, -0.1) is 0 Å². The summed E-state index contributed by atoms with van der Waals surface area (Å²) >= 11 is 0. The first-order chi connectivity index (χ1) is 9.54. The number of aliphatic hydroxyl groups is 1. The number of anilines is 1. The zero-order valence-electron chi connectivity index (χ0n) is 11.0. The largest absolute Gasteiger partial charge is 0.399 e. The topological polar surface area (TPSA) is 110 Å². The molecule has 1 amide bonds. The summed E-state index contributed by atoms with van der Waals surface area (Å²) in [6, 6.07) is 4.01. The Kier molecular flexibility index (Phi) is 4.19. The fraction of sp³-hybridized carbons (Fsp3) is 0.462. The molecule has 1 aromatic rings. The van der Waals surface area contributed by atoms with E-state index in [4.69, 9.17) is 10.8 Å². The van der Waals surface area contributed by atoms with Crippen LogP contribution in [0, 0.1) is 10.1 Å². The van der Waals surface area contributed by atoms with Crippen LogP contribution in [0.4, 0.5) is 11.4 Å². The predicted octanol–water partition coefficient (Wildman–Crippen LogP) is 1.16. The van der Waals surface area contributed by atoms with E-state index in [-0.39, 0.29) is 30.4 Å². The van der Waals surface area contributed by atoms with Gasteiger partial charge < -0.3 is 15.7 Å². The molecule has 108 valence electrons. The molecule has 2 rings (SSSR count). The van der Waals surface area contributed by atoms with Crippen LogP contribution in [0.5, 0.6) is 0 Å². The number of hydrogen-bond donors (Lipinski definition) is 2. The molecule has 1 aromatic carbocycles. The molecule has 1 fully saturated rings. The van der Waals surface area contributed by atoms with Crippen molar-refractivity contribution >= 4 is 17.3 Å². The van der Waals surface area contributed by atoms with Crippen LogP contribution in [0.3, 0.4) is 0 Å². The fourth-order valence-electron chi connectivity index (χ4n) is 2.29. The van der Waals surface area contributed by atoms with Gasteiger partial charge in [0, 0.05) is 24.3 Å². The van der Waals surface area contributed by atoms with Gasteiger partial charge in [0.2, 0.25) is 0 Å². The Morgan fingerprint density at radius 1 is 1.50 bits per heavy atom. The molecule has 0 heterocycles. The fourth-order valence-corrected chi connectivity index (χ4v) is 2.29. The van der Waals surface area contributed by atoms with E-state index in [1.807, 2.05) is 0 Å². The van der Waals surface area contributed by atoms with Gasteiger partial charge in [0.25, 0.3) is 11.6 Å². The van der Waals surface area contributed by atoms with E-state index < -0.39 is 10.8 Å². The Balaban J connectivity index is 2.34. The average molecular weight is 279 g/mol. The van der Waals surface area contributed by atoms with Crippen LogP contribution >= 0.6 is 0 Å². The second kappa shape index (κ2) is 5.87. The molecule has 7 nitrogen and oxygen atoms in total. The Morgan fingerprint density at radius 2 is 2.20 bits per heavy atom. The van der Waals surface area contributed by atoms with Gasteiger partial charge in [-0.1, -0.05) is 0 Å². The number of nitrogens with zero attached hydrogens (tertiary/aromatic N) is 2. The first kappa shape index (κ1) is 14.3. The van der Waals surface area contributed by atoms with Gasteiger partial charge in [0.05, 0.1) is 11.5 Å². The first-order valence-electron chi connectivity index (χ1n) is 6.50. The lowest BCUT2D eigenvalue weighted by atomic mass is 9.91. The van der Waals surface area contributed by atoms with Crippen molar-refractivity contribution in [3.63, 3.8) is 0 Å². The highest BCUT2D eigenvalue weighted by Crippen LogP contribution is 2.29.